The van der Waals surface area contributed by atoms with Gasteiger partial charge in [0, 0.05) is 24.1 Å². The number of aromatic nitrogens is 7. The summed E-state index contributed by atoms with van der Waals surface area (Å²) in [5.41, 5.74) is 1.36. The van der Waals surface area contributed by atoms with Crippen LogP contribution in [0.15, 0.2) is 54.7 Å². The van der Waals surface area contributed by atoms with Gasteiger partial charge in [-0.15, -0.1) is 0 Å². The molecule has 0 aliphatic rings. The largest absolute Gasteiger partial charge is 0.493 e. The van der Waals surface area contributed by atoms with E-state index in [1.807, 2.05) is 43.3 Å². The summed E-state index contributed by atoms with van der Waals surface area (Å²) in [5, 5.41) is 2.09. The monoisotopic (exact) mass is 575 g/mol. The van der Waals surface area contributed by atoms with Crippen molar-refractivity contribution in [3.63, 3.8) is 0 Å². The zero-order valence-corrected chi connectivity index (χ0v) is 22.4. The van der Waals surface area contributed by atoms with E-state index in [0.29, 0.717) is 18.1 Å². The molecule has 0 radical (unpaired) electrons. The number of ether oxygens (including phenoxy) is 1. The summed E-state index contributed by atoms with van der Waals surface area (Å²) in [7, 11) is 0. The third-order valence-corrected chi connectivity index (χ3v) is 5.58. The summed E-state index contributed by atoms with van der Waals surface area (Å²) in [6, 6.07) is 15.1. The summed E-state index contributed by atoms with van der Waals surface area (Å²) < 4.78 is 7.06. The van der Waals surface area contributed by atoms with E-state index in [1.165, 1.54) is 11.5 Å². The van der Waals surface area contributed by atoms with Gasteiger partial charge in [-0.3, -0.25) is 9.36 Å². The van der Waals surface area contributed by atoms with E-state index < -0.39 is 0 Å². The predicted molar refractivity (Wildman–Crippen MR) is 144 cm³/mol. The van der Waals surface area contributed by atoms with Crippen molar-refractivity contribution >= 4 is 63.1 Å². The molecule has 0 amide bonds. The summed E-state index contributed by atoms with van der Waals surface area (Å²) in [6.07, 6.45) is 1.61. The standard InChI is InChI=1S/C15H11Cl2N3O.C9H6Cl2N4O/c1-2-21-12-8-7-11(9-5-3-4-6-10(9)12)13-18-14(16)20-15(17)19-13;1-5(16)15-4-2-3-6(15)7-12-8(10)14-9(11)13-7/h3-8H,2H2,1H3;2-4H,1H3. The fourth-order valence-corrected chi connectivity index (χ4v) is 4.20. The van der Waals surface area contributed by atoms with Crippen molar-refractivity contribution in [2.45, 2.75) is 13.8 Å². The molecule has 0 fully saturated rings. The average molecular weight is 577 g/mol. The van der Waals surface area contributed by atoms with E-state index in [1.54, 1.807) is 18.3 Å². The first kappa shape index (κ1) is 26.7. The van der Waals surface area contributed by atoms with Crippen LogP contribution in [-0.4, -0.2) is 47.0 Å². The molecular formula is C24H17Cl4N7O2. The number of halogens is 4. The number of hydrogen-bond donors (Lipinski definition) is 0. The fraction of sp³-hybridized carbons (Fsp3) is 0.125. The van der Waals surface area contributed by atoms with E-state index in [2.05, 4.69) is 29.9 Å². The summed E-state index contributed by atoms with van der Waals surface area (Å²) in [4.78, 5) is 34.8. The molecule has 9 nitrogen and oxygen atoms in total. The first-order valence-electron chi connectivity index (χ1n) is 10.7. The minimum atomic E-state index is -0.146. The predicted octanol–water partition coefficient (Wildman–Crippen LogP) is 6.70. The van der Waals surface area contributed by atoms with Gasteiger partial charge in [-0.2, -0.15) is 29.9 Å². The summed E-state index contributed by atoms with van der Waals surface area (Å²) in [6.45, 7) is 3.99. The van der Waals surface area contributed by atoms with Crippen LogP contribution in [0.4, 0.5) is 0 Å². The van der Waals surface area contributed by atoms with Crippen LogP contribution in [0.25, 0.3) is 33.7 Å². The fourth-order valence-electron chi connectivity index (χ4n) is 3.47. The van der Waals surface area contributed by atoms with Gasteiger partial charge in [-0.1, -0.05) is 24.3 Å². The lowest BCUT2D eigenvalue weighted by Gasteiger charge is -2.11. The highest BCUT2D eigenvalue weighted by Crippen LogP contribution is 2.33. The van der Waals surface area contributed by atoms with Crippen LogP contribution >= 0.6 is 46.4 Å². The highest BCUT2D eigenvalue weighted by molar-refractivity contribution is 6.31. The molecule has 0 spiro atoms. The van der Waals surface area contributed by atoms with Gasteiger partial charge in [0.1, 0.15) is 5.75 Å². The molecule has 2 aromatic carbocycles. The normalized spacial score (nSPS) is 10.6. The molecule has 0 saturated carbocycles. The van der Waals surface area contributed by atoms with Crippen LogP contribution < -0.4 is 4.74 Å². The molecule has 5 aromatic rings. The Morgan fingerprint density at radius 1 is 0.757 bits per heavy atom. The average Bonchev–Trinajstić information content (AvgIpc) is 3.34. The summed E-state index contributed by atoms with van der Waals surface area (Å²) in [5.74, 6) is 1.39. The quantitative estimate of drug-likeness (QED) is 0.232. The van der Waals surface area contributed by atoms with Crippen molar-refractivity contribution in [1.82, 2.24) is 34.5 Å². The zero-order chi connectivity index (χ0) is 26.5. The Hall–Kier alpha value is -3.37. The second-order valence-corrected chi connectivity index (χ2v) is 8.62. The van der Waals surface area contributed by atoms with E-state index in [0.717, 1.165) is 22.1 Å². The first-order valence-corrected chi connectivity index (χ1v) is 12.3. The Bertz CT molecular complexity index is 1550. The van der Waals surface area contributed by atoms with E-state index in [4.69, 9.17) is 51.1 Å². The van der Waals surface area contributed by atoms with Gasteiger partial charge in [-0.25, -0.2) is 0 Å². The lowest BCUT2D eigenvalue weighted by molar-refractivity contribution is 0.0938. The molecule has 188 valence electrons. The third kappa shape index (κ3) is 6.31. The maximum absolute atomic E-state index is 11.3. The smallest absolute Gasteiger partial charge is 0.228 e. The number of carbonyl (C=O) groups is 1. The maximum atomic E-state index is 11.3. The molecule has 37 heavy (non-hydrogen) atoms. The Morgan fingerprint density at radius 2 is 1.32 bits per heavy atom. The molecule has 0 saturated heterocycles. The van der Waals surface area contributed by atoms with Crippen molar-refractivity contribution in [2.24, 2.45) is 0 Å². The van der Waals surface area contributed by atoms with Crippen LogP contribution in [0.1, 0.15) is 18.6 Å². The minimum Gasteiger partial charge on any atom is -0.493 e. The maximum Gasteiger partial charge on any atom is 0.228 e. The van der Waals surface area contributed by atoms with E-state index in [-0.39, 0.29) is 32.9 Å². The highest BCUT2D eigenvalue weighted by atomic mass is 35.5. The molecule has 0 atom stereocenters. The second-order valence-electron chi connectivity index (χ2n) is 7.27. The zero-order valence-electron chi connectivity index (χ0n) is 19.4. The van der Waals surface area contributed by atoms with Crippen LogP contribution in [0.2, 0.25) is 21.1 Å². The van der Waals surface area contributed by atoms with Crippen molar-refractivity contribution in [3.05, 3.63) is 75.9 Å². The van der Waals surface area contributed by atoms with Crippen LogP contribution in [0.5, 0.6) is 5.75 Å². The number of benzene rings is 2. The molecule has 0 unspecified atom stereocenters. The van der Waals surface area contributed by atoms with Gasteiger partial charge in [0.15, 0.2) is 11.6 Å². The highest BCUT2D eigenvalue weighted by Gasteiger charge is 2.13. The Balaban J connectivity index is 0.000000180. The number of hydrogen-bond acceptors (Lipinski definition) is 8. The molecular weight excluding hydrogens is 560 g/mol. The van der Waals surface area contributed by atoms with Crippen molar-refractivity contribution in [2.75, 3.05) is 6.61 Å². The Morgan fingerprint density at radius 3 is 1.89 bits per heavy atom. The van der Waals surface area contributed by atoms with Gasteiger partial charge >= 0.3 is 0 Å². The summed E-state index contributed by atoms with van der Waals surface area (Å²) >= 11 is 23.0. The number of fused-ring (bicyclic) bond motifs is 1. The molecule has 13 heteroatoms. The Labute approximate surface area is 231 Å². The lowest BCUT2D eigenvalue weighted by atomic mass is 10.0. The molecule has 0 N–H and O–H groups in total. The van der Waals surface area contributed by atoms with Crippen LogP contribution in [-0.2, 0) is 0 Å². The lowest BCUT2D eigenvalue weighted by Crippen LogP contribution is -2.07. The van der Waals surface area contributed by atoms with Gasteiger partial charge < -0.3 is 4.74 Å². The van der Waals surface area contributed by atoms with Gasteiger partial charge in [0.2, 0.25) is 27.0 Å². The molecule has 0 bridgehead atoms. The molecule has 5 rings (SSSR count). The number of rotatable bonds is 4. The third-order valence-electron chi connectivity index (χ3n) is 4.90. The molecule has 0 aliphatic carbocycles. The minimum absolute atomic E-state index is 0.00805. The number of nitrogens with zero attached hydrogens (tertiary/aromatic N) is 7. The Kier molecular flexibility index (Phi) is 8.50. The SMILES string of the molecule is CC(=O)n1cccc1-c1nc(Cl)nc(Cl)n1.CCOc1ccc(-c2nc(Cl)nc(Cl)n2)c2ccccc12. The van der Waals surface area contributed by atoms with Gasteiger partial charge in [0.05, 0.1) is 12.3 Å². The van der Waals surface area contributed by atoms with Crippen LogP contribution in [0, 0.1) is 0 Å². The first-order chi connectivity index (χ1) is 17.8. The number of carbonyl (C=O) groups excluding carboxylic acids is 1. The topological polar surface area (TPSA) is 109 Å². The van der Waals surface area contributed by atoms with Crippen molar-refractivity contribution in [1.29, 1.82) is 0 Å². The second kappa shape index (κ2) is 11.8. The van der Waals surface area contributed by atoms with Gasteiger partial charge in [0.25, 0.3) is 0 Å². The van der Waals surface area contributed by atoms with Crippen LogP contribution in [0.3, 0.4) is 0 Å². The molecule has 0 aliphatic heterocycles. The van der Waals surface area contributed by atoms with E-state index in [9.17, 15) is 4.79 Å². The van der Waals surface area contributed by atoms with Crippen molar-refractivity contribution in [3.8, 4) is 28.7 Å². The van der Waals surface area contributed by atoms with Gasteiger partial charge in [-0.05, 0) is 83.0 Å². The van der Waals surface area contributed by atoms with E-state index >= 15 is 0 Å². The molecule has 3 aromatic heterocycles. The van der Waals surface area contributed by atoms with Crippen molar-refractivity contribution < 1.29 is 9.53 Å². The molecule has 3 heterocycles.